The van der Waals surface area contributed by atoms with E-state index in [-0.39, 0.29) is 6.29 Å². The van der Waals surface area contributed by atoms with Crippen molar-refractivity contribution in [1.29, 1.82) is 0 Å². The molecule has 4 heterocycles. The van der Waals surface area contributed by atoms with Gasteiger partial charge in [0.25, 0.3) is 0 Å². The van der Waals surface area contributed by atoms with Gasteiger partial charge in [0.15, 0.2) is 17.1 Å². The molecule has 0 amide bonds. The molecular formula is C16H13N3O2. The smallest absolute Gasteiger partial charge is 0.226 e. The lowest BCUT2D eigenvalue weighted by atomic mass is 9.90. The van der Waals surface area contributed by atoms with Gasteiger partial charge in [-0.25, -0.2) is 9.97 Å². The first-order valence-corrected chi connectivity index (χ1v) is 7.11. The Hall–Kier alpha value is -2.40. The quantitative estimate of drug-likeness (QED) is 0.685. The van der Waals surface area contributed by atoms with Gasteiger partial charge in [-0.1, -0.05) is 30.3 Å². The molecule has 5 rings (SSSR count). The molecule has 2 bridgehead atoms. The van der Waals surface area contributed by atoms with Gasteiger partial charge in [0.1, 0.15) is 5.52 Å². The van der Waals surface area contributed by atoms with Crippen LogP contribution < -0.4 is 4.84 Å². The molecule has 2 atom stereocenters. The summed E-state index contributed by atoms with van der Waals surface area (Å²) < 4.78 is 7.95. The van der Waals surface area contributed by atoms with Crippen molar-refractivity contribution in [1.82, 2.24) is 14.7 Å². The van der Waals surface area contributed by atoms with Crippen molar-refractivity contribution in [2.75, 3.05) is 0 Å². The fourth-order valence-corrected chi connectivity index (χ4v) is 3.31. The molecule has 2 aromatic heterocycles. The summed E-state index contributed by atoms with van der Waals surface area (Å²) in [6.45, 7) is 0. The largest absolute Gasteiger partial charge is 0.378 e. The molecule has 2 unspecified atom stereocenters. The van der Waals surface area contributed by atoms with Gasteiger partial charge < -0.3 is 9.57 Å². The topological polar surface area (TPSA) is 49.2 Å². The van der Waals surface area contributed by atoms with Crippen LogP contribution in [0.15, 0.2) is 48.7 Å². The SMILES string of the molecule is c1ccc(C23CCC(On4c2nc2cccnc24)O3)cc1. The predicted molar refractivity (Wildman–Crippen MR) is 75.4 cm³/mol. The van der Waals surface area contributed by atoms with Crippen molar-refractivity contribution in [3.05, 3.63) is 60.0 Å². The van der Waals surface area contributed by atoms with Crippen LogP contribution in [0.25, 0.3) is 11.2 Å². The number of hydrogen-bond acceptors (Lipinski definition) is 4. The number of hydrogen-bond donors (Lipinski definition) is 0. The number of aromatic nitrogens is 3. The lowest BCUT2D eigenvalue weighted by Crippen LogP contribution is -2.41. The van der Waals surface area contributed by atoms with E-state index in [0.717, 1.165) is 35.4 Å². The van der Waals surface area contributed by atoms with E-state index >= 15 is 0 Å². The van der Waals surface area contributed by atoms with E-state index in [0.29, 0.717) is 0 Å². The minimum absolute atomic E-state index is 0.239. The summed E-state index contributed by atoms with van der Waals surface area (Å²) in [6.07, 6.45) is 3.24. The molecule has 2 aliphatic heterocycles. The Bertz CT molecular complexity index is 830. The van der Waals surface area contributed by atoms with Crippen LogP contribution in [-0.2, 0) is 10.3 Å². The highest BCUT2D eigenvalue weighted by Crippen LogP contribution is 2.47. The van der Waals surface area contributed by atoms with Crippen LogP contribution in [0, 0.1) is 0 Å². The third-order valence-corrected chi connectivity index (χ3v) is 4.27. The Kier molecular flexibility index (Phi) is 2.06. The van der Waals surface area contributed by atoms with E-state index in [2.05, 4.69) is 17.1 Å². The van der Waals surface area contributed by atoms with E-state index in [1.807, 2.05) is 30.3 Å². The zero-order chi connectivity index (χ0) is 13.9. The molecule has 0 N–H and O–H groups in total. The number of nitrogens with zero attached hydrogens (tertiary/aromatic N) is 3. The lowest BCUT2D eigenvalue weighted by molar-refractivity contribution is -0.198. The normalized spacial score (nSPS) is 26.6. The van der Waals surface area contributed by atoms with Gasteiger partial charge in [0.05, 0.1) is 0 Å². The standard InChI is InChI=1S/C16H13N3O2/c1-2-5-11(6-3-1)16-9-8-13(20-16)21-19-14-12(18-15(16)19)7-4-10-17-14/h1-7,10,13H,8-9H2. The monoisotopic (exact) mass is 279 g/mol. The highest BCUT2D eigenvalue weighted by atomic mass is 16.8. The Labute approximate surface area is 121 Å². The number of rotatable bonds is 1. The molecule has 2 aliphatic rings. The lowest BCUT2D eigenvalue weighted by Gasteiger charge is -2.33. The molecule has 0 radical (unpaired) electrons. The number of pyridine rings is 1. The van der Waals surface area contributed by atoms with Gasteiger partial charge in [0, 0.05) is 12.6 Å². The molecule has 0 aliphatic carbocycles. The summed E-state index contributed by atoms with van der Waals surface area (Å²) in [5, 5.41) is 0. The van der Waals surface area contributed by atoms with Crippen LogP contribution in [0.4, 0.5) is 0 Å². The van der Waals surface area contributed by atoms with E-state index in [1.54, 1.807) is 10.9 Å². The molecule has 1 fully saturated rings. The highest BCUT2D eigenvalue weighted by molar-refractivity contribution is 5.71. The summed E-state index contributed by atoms with van der Waals surface area (Å²) in [5.41, 5.74) is 2.18. The third-order valence-electron chi connectivity index (χ3n) is 4.27. The van der Waals surface area contributed by atoms with Crippen molar-refractivity contribution >= 4 is 11.2 Å². The van der Waals surface area contributed by atoms with E-state index in [9.17, 15) is 0 Å². The maximum absolute atomic E-state index is 6.19. The second kappa shape index (κ2) is 3.83. The molecule has 0 saturated carbocycles. The molecule has 0 spiro atoms. The van der Waals surface area contributed by atoms with Gasteiger partial charge in [-0.15, -0.1) is 4.73 Å². The summed E-state index contributed by atoms with van der Waals surface area (Å²) in [6, 6.07) is 14.1. The summed E-state index contributed by atoms with van der Waals surface area (Å²) in [4.78, 5) is 15.0. The van der Waals surface area contributed by atoms with Gasteiger partial charge in [-0.2, -0.15) is 0 Å². The Balaban J connectivity index is 1.82. The molecule has 1 saturated heterocycles. The first-order valence-electron chi connectivity index (χ1n) is 7.11. The van der Waals surface area contributed by atoms with Crippen LogP contribution in [0.1, 0.15) is 24.2 Å². The molecule has 3 aromatic rings. The first kappa shape index (κ1) is 11.3. The fourth-order valence-electron chi connectivity index (χ4n) is 3.31. The molecule has 5 heteroatoms. The van der Waals surface area contributed by atoms with Gasteiger partial charge in [-0.3, -0.25) is 0 Å². The zero-order valence-corrected chi connectivity index (χ0v) is 11.3. The van der Waals surface area contributed by atoms with Crippen molar-refractivity contribution in [3.8, 4) is 0 Å². The van der Waals surface area contributed by atoms with Crippen LogP contribution in [0.3, 0.4) is 0 Å². The minimum Gasteiger partial charge on any atom is -0.378 e. The van der Waals surface area contributed by atoms with Crippen molar-refractivity contribution in [3.63, 3.8) is 0 Å². The highest BCUT2D eigenvalue weighted by Gasteiger charge is 2.52. The number of ether oxygens (including phenoxy) is 1. The van der Waals surface area contributed by atoms with Crippen molar-refractivity contribution < 1.29 is 9.57 Å². The average Bonchev–Trinajstić information content (AvgIpc) is 3.10. The van der Waals surface area contributed by atoms with Crippen LogP contribution in [0.5, 0.6) is 0 Å². The molecule has 104 valence electrons. The second-order valence-corrected chi connectivity index (χ2v) is 5.46. The summed E-state index contributed by atoms with van der Waals surface area (Å²) in [7, 11) is 0. The molecule has 1 aromatic carbocycles. The Morgan fingerprint density at radius 1 is 1.14 bits per heavy atom. The van der Waals surface area contributed by atoms with Crippen molar-refractivity contribution in [2.24, 2.45) is 0 Å². The van der Waals surface area contributed by atoms with Crippen LogP contribution in [-0.4, -0.2) is 21.0 Å². The fraction of sp³-hybridized carbons (Fsp3) is 0.250. The second-order valence-electron chi connectivity index (χ2n) is 5.46. The maximum Gasteiger partial charge on any atom is 0.226 e. The summed E-state index contributed by atoms with van der Waals surface area (Å²) >= 11 is 0. The van der Waals surface area contributed by atoms with Gasteiger partial charge >= 0.3 is 0 Å². The minimum atomic E-state index is -0.523. The predicted octanol–water partition coefficient (Wildman–Crippen LogP) is 2.25. The van der Waals surface area contributed by atoms with Crippen LogP contribution in [0.2, 0.25) is 0 Å². The molecule has 21 heavy (non-hydrogen) atoms. The Morgan fingerprint density at radius 2 is 2.05 bits per heavy atom. The maximum atomic E-state index is 6.19. The van der Waals surface area contributed by atoms with Gasteiger partial charge in [-0.05, 0) is 24.1 Å². The number of imidazole rings is 1. The van der Waals surface area contributed by atoms with Crippen LogP contribution >= 0.6 is 0 Å². The average molecular weight is 279 g/mol. The summed E-state index contributed by atoms with van der Waals surface area (Å²) in [5.74, 6) is 0.788. The van der Waals surface area contributed by atoms with E-state index in [4.69, 9.17) is 14.6 Å². The zero-order valence-electron chi connectivity index (χ0n) is 11.3. The molecule has 5 nitrogen and oxygen atoms in total. The number of benzene rings is 1. The Morgan fingerprint density at radius 3 is 2.95 bits per heavy atom. The first-order chi connectivity index (χ1) is 10.4. The van der Waals surface area contributed by atoms with E-state index in [1.165, 1.54) is 0 Å². The van der Waals surface area contributed by atoms with Crippen molar-refractivity contribution in [2.45, 2.75) is 24.7 Å². The number of fused-ring (bicyclic) bond motifs is 6. The molecular weight excluding hydrogens is 266 g/mol. The van der Waals surface area contributed by atoms with E-state index < -0.39 is 5.60 Å². The third kappa shape index (κ3) is 1.39. The van der Waals surface area contributed by atoms with Gasteiger partial charge in [0.2, 0.25) is 6.29 Å².